The van der Waals surface area contributed by atoms with E-state index in [-0.39, 0.29) is 5.41 Å². The van der Waals surface area contributed by atoms with Crippen molar-refractivity contribution in [1.82, 2.24) is 0 Å². The van der Waals surface area contributed by atoms with Crippen LogP contribution in [0.5, 0.6) is 5.75 Å². The van der Waals surface area contributed by atoms with Gasteiger partial charge in [0.05, 0.1) is 0 Å². The van der Waals surface area contributed by atoms with Crippen LogP contribution in [0.25, 0.3) is 12.2 Å². The second kappa shape index (κ2) is 15.4. The van der Waals surface area contributed by atoms with E-state index in [9.17, 15) is 9.90 Å². The average molecular weight is 593 g/mol. The molecule has 0 bridgehead atoms. The summed E-state index contributed by atoms with van der Waals surface area (Å²) >= 11 is 0. The molecule has 5 rings (SSSR count). The van der Waals surface area contributed by atoms with E-state index in [0.717, 1.165) is 22.3 Å². The Hall–Kier alpha value is -5.41. The lowest BCUT2D eigenvalue weighted by molar-refractivity contribution is -0.147. The Balaban J connectivity index is 0.000000207. The third-order valence-corrected chi connectivity index (χ3v) is 7.32. The number of ether oxygens (including phenoxy) is 1. The summed E-state index contributed by atoms with van der Waals surface area (Å²) in [4.78, 5) is 12.2. The molecule has 45 heavy (non-hydrogen) atoms. The molecule has 0 spiro atoms. The van der Waals surface area contributed by atoms with E-state index in [1.54, 1.807) is 12.1 Å². The summed E-state index contributed by atoms with van der Waals surface area (Å²) in [6.45, 7) is 10.2. The van der Waals surface area contributed by atoms with Gasteiger partial charge in [-0.3, -0.25) is 0 Å². The highest BCUT2D eigenvalue weighted by atomic mass is 16.6. The first-order chi connectivity index (χ1) is 21.7. The fraction of sp³-hybridized carbons (Fsp3) is 0.119. The number of benzene rings is 5. The molecule has 3 heteroatoms. The first kappa shape index (κ1) is 32.5. The Morgan fingerprint density at radius 2 is 0.956 bits per heavy atom. The van der Waals surface area contributed by atoms with E-state index in [1.807, 2.05) is 121 Å². The van der Waals surface area contributed by atoms with Crippen molar-refractivity contribution in [3.8, 4) is 5.75 Å². The molecule has 0 fully saturated rings. The van der Waals surface area contributed by atoms with Gasteiger partial charge in [-0.25, -0.2) is 4.79 Å². The summed E-state index contributed by atoms with van der Waals surface area (Å²) in [6, 6.07) is 45.1. The number of aromatic hydroxyl groups is 1. The van der Waals surface area contributed by atoms with Crippen molar-refractivity contribution in [2.24, 2.45) is 0 Å². The molecule has 0 radical (unpaired) electrons. The fourth-order valence-electron chi connectivity index (χ4n) is 4.90. The first-order valence-corrected chi connectivity index (χ1v) is 15.0. The SMILES string of the molecule is C=CC(=O)OC(c1ccccc1)(c1ccccc1)c1ccccc1.CC(C)(C)c1ccc(C=CC=Cc2ccc(O)cc2)cc1. The molecule has 0 aliphatic rings. The Labute approximate surface area is 267 Å². The topological polar surface area (TPSA) is 46.5 Å². The van der Waals surface area contributed by atoms with E-state index < -0.39 is 11.6 Å². The van der Waals surface area contributed by atoms with E-state index in [2.05, 4.69) is 57.7 Å². The number of phenols is 1. The van der Waals surface area contributed by atoms with Crippen molar-refractivity contribution in [2.75, 3.05) is 0 Å². The van der Waals surface area contributed by atoms with Crippen molar-refractivity contribution >= 4 is 18.1 Å². The second-order valence-corrected chi connectivity index (χ2v) is 11.6. The first-order valence-electron chi connectivity index (χ1n) is 15.0. The molecule has 0 aromatic heterocycles. The van der Waals surface area contributed by atoms with Gasteiger partial charge in [-0.05, 0) is 34.2 Å². The zero-order valence-electron chi connectivity index (χ0n) is 26.1. The smallest absolute Gasteiger partial charge is 0.331 e. The summed E-state index contributed by atoms with van der Waals surface area (Å²) in [7, 11) is 0. The molecule has 0 saturated carbocycles. The van der Waals surface area contributed by atoms with Crippen LogP contribution in [0.4, 0.5) is 0 Å². The lowest BCUT2D eigenvalue weighted by Gasteiger charge is -2.34. The molecule has 5 aromatic rings. The summed E-state index contributed by atoms with van der Waals surface area (Å²) < 4.78 is 5.99. The molecule has 0 amide bonds. The Kier molecular flexibility index (Phi) is 11.1. The van der Waals surface area contributed by atoms with Crippen LogP contribution in [0.1, 0.15) is 54.2 Å². The maximum Gasteiger partial charge on any atom is 0.331 e. The zero-order valence-corrected chi connectivity index (χ0v) is 26.1. The van der Waals surface area contributed by atoms with Gasteiger partial charge in [0.2, 0.25) is 0 Å². The Morgan fingerprint density at radius 1 is 0.578 bits per heavy atom. The standard InChI is InChI=1S/C22H18O2.C20H22O/c1-2-21(23)24-22(18-12-6-3-7-13-18,19-14-8-4-9-15-19)20-16-10-5-11-17-20;1-20(2,3)18-12-8-16(9-13-18)6-4-5-7-17-10-14-19(21)15-11-17/h2-17H,1H2;4-15,21H,1-3H3. The molecular formula is C42H40O3. The molecular weight excluding hydrogens is 552 g/mol. The van der Waals surface area contributed by atoms with Crippen molar-refractivity contribution in [3.63, 3.8) is 0 Å². The number of carbonyl (C=O) groups is 1. The number of hydrogen-bond acceptors (Lipinski definition) is 3. The molecule has 3 nitrogen and oxygen atoms in total. The normalized spacial score (nSPS) is 11.5. The van der Waals surface area contributed by atoms with Gasteiger partial charge >= 0.3 is 5.97 Å². The van der Waals surface area contributed by atoms with Crippen molar-refractivity contribution in [1.29, 1.82) is 0 Å². The molecule has 0 aliphatic carbocycles. The van der Waals surface area contributed by atoms with E-state index in [0.29, 0.717) is 5.75 Å². The summed E-state index contributed by atoms with van der Waals surface area (Å²) in [6.07, 6.45) is 9.33. The highest BCUT2D eigenvalue weighted by Gasteiger charge is 2.39. The highest BCUT2D eigenvalue weighted by Crippen LogP contribution is 2.40. The molecule has 0 heterocycles. The largest absolute Gasteiger partial charge is 0.508 e. The van der Waals surface area contributed by atoms with E-state index in [4.69, 9.17) is 4.74 Å². The van der Waals surface area contributed by atoms with Crippen LogP contribution in [0.15, 0.2) is 164 Å². The van der Waals surface area contributed by atoms with Crippen LogP contribution in [0, 0.1) is 0 Å². The Bertz CT molecular complexity index is 1600. The van der Waals surface area contributed by atoms with Gasteiger partial charge in [0.1, 0.15) is 5.75 Å². The number of rotatable bonds is 8. The Morgan fingerprint density at radius 3 is 1.31 bits per heavy atom. The second-order valence-electron chi connectivity index (χ2n) is 11.6. The molecule has 226 valence electrons. The van der Waals surface area contributed by atoms with Crippen molar-refractivity contribution < 1.29 is 14.6 Å². The molecule has 0 aliphatic heterocycles. The molecule has 0 saturated heterocycles. The van der Waals surface area contributed by atoms with E-state index >= 15 is 0 Å². The maximum absolute atomic E-state index is 12.2. The van der Waals surface area contributed by atoms with Gasteiger partial charge in [-0.2, -0.15) is 0 Å². The minimum absolute atomic E-state index is 0.195. The maximum atomic E-state index is 12.2. The van der Waals surface area contributed by atoms with Gasteiger partial charge in [-0.15, -0.1) is 0 Å². The van der Waals surface area contributed by atoms with Crippen molar-refractivity contribution in [2.45, 2.75) is 31.8 Å². The summed E-state index contributed by atoms with van der Waals surface area (Å²) in [5, 5.41) is 9.22. The lowest BCUT2D eigenvalue weighted by atomic mass is 9.80. The van der Waals surface area contributed by atoms with Gasteiger partial charge in [0.15, 0.2) is 5.60 Å². The molecule has 5 aromatic carbocycles. The van der Waals surface area contributed by atoms with Crippen molar-refractivity contribution in [3.05, 3.63) is 198 Å². The van der Waals surface area contributed by atoms with Crippen LogP contribution >= 0.6 is 0 Å². The molecule has 0 atom stereocenters. The quantitative estimate of drug-likeness (QED) is 0.0844. The van der Waals surface area contributed by atoms with Crippen LogP contribution in [-0.4, -0.2) is 11.1 Å². The van der Waals surface area contributed by atoms with Gasteiger partial charge in [0, 0.05) is 22.8 Å². The third-order valence-electron chi connectivity index (χ3n) is 7.32. The highest BCUT2D eigenvalue weighted by molar-refractivity contribution is 5.82. The number of carbonyl (C=O) groups excluding carboxylic acids is 1. The minimum atomic E-state index is -1.02. The summed E-state index contributed by atoms with van der Waals surface area (Å²) in [5.41, 5.74) is 5.45. The third kappa shape index (κ3) is 8.81. The van der Waals surface area contributed by atoms with Gasteiger partial charge < -0.3 is 9.84 Å². The van der Waals surface area contributed by atoms with Gasteiger partial charge in [-0.1, -0.05) is 179 Å². The number of phenolic OH excluding ortho intramolecular Hbond substituents is 1. The van der Waals surface area contributed by atoms with Crippen LogP contribution in [0.2, 0.25) is 0 Å². The zero-order chi connectivity index (χ0) is 32.1. The van der Waals surface area contributed by atoms with E-state index in [1.165, 1.54) is 17.2 Å². The number of esters is 1. The van der Waals surface area contributed by atoms with Gasteiger partial charge in [0.25, 0.3) is 0 Å². The molecule has 1 N–H and O–H groups in total. The summed E-state index contributed by atoms with van der Waals surface area (Å²) in [5.74, 6) is -0.173. The predicted molar refractivity (Wildman–Crippen MR) is 187 cm³/mol. The number of allylic oxidation sites excluding steroid dienone is 2. The van der Waals surface area contributed by atoms with Crippen LogP contribution in [0.3, 0.4) is 0 Å². The number of hydrogen-bond donors (Lipinski definition) is 1. The lowest BCUT2D eigenvalue weighted by Crippen LogP contribution is -2.34. The monoisotopic (exact) mass is 592 g/mol. The molecule has 0 unspecified atom stereocenters. The van der Waals surface area contributed by atoms with Crippen LogP contribution in [-0.2, 0) is 20.5 Å². The fourth-order valence-corrected chi connectivity index (χ4v) is 4.90. The average Bonchev–Trinajstić information content (AvgIpc) is 3.07. The predicted octanol–water partition coefficient (Wildman–Crippen LogP) is 10.1. The minimum Gasteiger partial charge on any atom is -0.508 e. The van der Waals surface area contributed by atoms with Crippen LogP contribution < -0.4 is 0 Å².